The summed E-state index contributed by atoms with van der Waals surface area (Å²) in [6.07, 6.45) is 0.138. The van der Waals surface area contributed by atoms with E-state index in [0.29, 0.717) is 13.0 Å². The molecule has 0 saturated heterocycles. The van der Waals surface area contributed by atoms with Crippen molar-refractivity contribution in [3.63, 3.8) is 0 Å². The minimum atomic E-state index is -0.484. The van der Waals surface area contributed by atoms with E-state index in [1.807, 2.05) is 56.3 Å². The Hall–Kier alpha value is -2.81. The second-order valence-corrected chi connectivity index (χ2v) is 6.23. The number of benzene rings is 3. The Morgan fingerprint density at radius 2 is 1.80 bits per heavy atom. The first-order valence-electron chi connectivity index (χ1n) is 8.64. The lowest BCUT2D eigenvalue weighted by Crippen LogP contribution is -2.37. The number of rotatable bonds is 6. The van der Waals surface area contributed by atoms with Gasteiger partial charge in [0, 0.05) is 6.54 Å². The predicted molar refractivity (Wildman–Crippen MR) is 102 cm³/mol. The monoisotopic (exact) mass is 333 g/mol. The Bertz CT molecular complexity index is 873. The van der Waals surface area contributed by atoms with Crippen LogP contribution in [0.2, 0.25) is 0 Å². The third-order valence-corrected chi connectivity index (χ3v) is 4.21. The second kappa shape index (κ2) is 7.84. The molecular formula is C22H23NO2. The van der Waals surface area contributed by atoms with Gasteiger partial charge in [0.25, 0.3) is 5.91 Å². The van der Waals surface area contributed by atoms with E-state index in [2.05, 4.69) is 29.6 Å². The molecule has 1 unspecified atom stereocenters. The van der Waals surface area contributed by atoms with E-state index in [-0.39, 0.29) is 5.91 Å². The summed E-state index contributed by atoms with van der Waals surface area (Å²) in [6.45, 7) is 4.46. The zero-order valence-corrected chi connectivity index (χ0v) is 14.7. The molecule has 3 aromatic carbocycles. The highest BCUT2D eigenvalue weighted by Crippen LogP contribution is 2.17. The van der Waals surface area contributed by atoms with Crippen LogP contribution in [0.25, 0.3) is 10.8 Å². The van der Waals surface area contributed by atoms with Crippen molar-refractivity contribution in [3.05, 3.63) is 77.9 Å². The van der Waals surface area contributed by atoms with Crippen molar-refractivity contribution in [2.75, 3.05) is 0 Å². The van der Waals surface area contributed by atoms with Gasteiger partial charge in [0.2, 0.25) is 0 Å². The lowest BCUT2D eigenvalue weighted by molar-refractivity contribution is -0.128. The number of nitrogens with one attached hydrogen (secondary N) is 1. The smallest absolute Gasteiger partial charge is 0.261 e. The zero-order chi connectivity index (χ0) is 17.6. The first-order valence-corrected chi connectivity index (χ1v) is 8.64. The second-order valence-electron chi connectivity index (χ2n) is 6.23. The van der Waals surface area contributed by atoms with Crippen molar-refractivity contribution in [2.24, 2.45) is 0 Å². The topological polar surface area (TPSA) is 38.3 Å². The SMILES string of the molecule is CCC(Oc1cccc(C)c1)C(=O)NCc1ccc2ccccc2c1. The van der Waals surface area contributed by atoms with Gasteiger partial charge in [-0.15, -0.1) is 0 Å². The zero-order valence-electron chi connectivity index (χ0n) is 14.7. The lowest BCUT2D eigenvalue weighted by Gasteiger charge is -2.17. The third kappa shape index (κ3) is 4.38. The molecule has 0 spiro atoms. The summed E-state index contributed by atoms with van der Waals surface area (Å²) in [4.78, 5) is 12.5. The van der Waals surface area contributed by atoms with Crippen LogP contribution in [0, 0.1) is 6.92 Å². The molecule has 3 nitrogen and oxygen atoms in total. The highest BCUT2D eigenvalue weighted by molar-refractivity contribution is 5.83. The average Bonchev–Trinajstić information content (AvgIpc) is 2.64. The summed E-state index contributed by atoms with van der Waals surface area (Å²) in [5.41, 5.74) is 2.20. The Balaban J connectivity index is 1.63. The number of hydrogen-bond acceptors (Lipinski definition) is 2. The fourth-order valence-electron chi connectivity index (χ4n) is 2.83. The van der Waals surface area contributed by atoms with Gasteiger partial charge in [-0.1, -0.05) is 55.5 Å². The van der Waals surface area contributed by atoms with E-state index in [0.717, 1.165) is 16.9 Å². The quantitative estimate of drug-likeness (QED) is 0.715. The minimum absolute atomic E-state index is 0.0860. The van der Waals surface area contributed by atoms with Gasteiger partial charge >= 0.3 is 0 Å². The van der Waals surface area contributed by atoms with Crippen molar-refractivity contribution in [3.8, 4) is 5.75 Å². The maximum Gasteiger partial charge on any atom is 0.261 e. The van der Waals surface area contributed by atoms with E-state index in [4.69, 9.17) is 4.74 Å². The van der Waals surface area contributed by atoms with E-state index < -0.39 is 6.10 Å². The van der Waals surface area contributed by atoms with Gasteiger partial charge in [-0.05, 0) is 53.4 Å². The maximum absolute atomic E-state index is 12.5. The molecule has 1 atom stereocenters. The van der Waals surface area contributed by atoms with Gasteiger partial charge < -0.3 is 10.1 Å². The summed E-state index contributed by atoms with van der Waals surface area (Å²) in [5, 5.41) is 5.36. The van der Waals surface area contributed by atoms with Crippen molar-refractivity contribution in [1.82, 2.24) is 5.32 Å². The van der Waals surface area contributed by atoms with Crippen molar-refractivity contribution in [1.29, 1.82) is 0 Å². The Morgan fingerprint density at radius 1 is 1.00 bits per heavy atom. The minimum Gasteiger partial charge on any atom is -0.481 e. The molecule has 128 valence electrons. The summed E-state index contributed by atoms with van der Waals surface area (Å²) < 4.78 is 5.85. The van der Waals surface area contributed by atoms with Crippen LogP contribution in [0.3, 0.4) is 0 Å². The number of hydrogen-bond donors (Lipinski definition) is 1. The van der Waals surface area contributed by atoms with E-state index in [1.54, 1.807) is 0 Å². The number of ether oxygens (including phenoxy) is 1. The number of carbonyl (C=O) groups is 1. The molecule has 0 bridgehead atoms. The Kier molecular flexibility index (Phi) is 5.34. The molecule has 0 heterocycles. The largest absolute Gasteiger partial charge is 0.481 e. The molecule has 0 aliphatic carbocycles. The predicted octanol–water partition coefficient (Wildman–Crippen LogP) is 4.62. The van der Waals surface area contributed by atoms with Crippen LogP contribution < -0.4 is 10.1 Å². The van der Waals surface area contributed by atoms with Crippen LogP contribution in [0.5, 0.6) is 5.75 Å². The molecule has 1 N–H and O–H groups in total. The summed E-state index contributed by atoms with van der Waals surface area (Å²) in [6, 6.07) is 22.2. The number of aryl methyl sites for hydroxylation is 1. The lowest BCUT2D eigenvalue weighted by atomic mass is 10.1. The van der Waals surface area contributed by atoms with E-state index in [9.17, 15) is 4.79 Å². The van der Waals surface area contributed by atoms with Crippen LogP contribution >= 0.6 is 0 Å². The molecule has 3 heteroatoms. The first kappa shape index (κ1) is 17.0. The summed E-state index contributed by atoms with van der Waals surface area (Å²) in [7, 11) is 0. The molecule has 0 aliphatic rings. The molecule has 3 rings (SSSR count). The van der Waals surface area contributed by atoms with Crippen molar-refractivity contribution >= 4 is 16.7 Å². The third-order valence-electron chi connectivity index (χ3n) is 4.21. The number of amides is 1. The van der Waals surface area contributed by atoms with Crippen LogP contribution in [0.1, 0.15) is 24.5 Å². The van der Waals surface area contributed by atoms with Gasteiger partial charge in [-0.3, -0.25) is 4.79 Å². The number of carbonyl (C=O) groups excluding carboxylic acids is 1. The van der Waals surface area contributed by atoms with Crippen LogP contribution in [0.4, 0.5) is 0 Å². The maximum atomic E-state index is 12.5. The van der Waals surface area contributed by atoms with Gasteiger partial charge in [0.05, 0.1) is 0 Å². The van der Waals surface area contributed by atoms with Crippen LogP contribution in [0.15, 0.2) is 66.7 Å². The molecule has 1 amide bonds. The number of fused-ring (bicyclic) bond motifs is 1. The van der Waals surface area contributed by atoms with E-state index >= 15 is 0 Å². The highest BCUT2D eigenvalue weighted by atomic mass is 16.5. The molecule has 3 aromatic rings. The molecule has 25 heavy (non-hydrogen) atoms. The standard InChI is InChI=1S/C22H23NO2/c1-3-21(25-20-10-6-7-16(2)13-20)22(24)23-15-17-11-12-18-8-4-5-9-19(18)14-17/h4-14,21H,3,15H2,1-2H3,(H,23,24). The van der Waals surface area contributed by atoms with Gasteiger partial charge in [0.15, 0.2) is 6.10 Å². The fourth-order valence-corrected chi connectivity index (χ4v) is 2.83. The highest BCUT2D eigenvalue weighted by Gasteiger charge is 2.18. The summed E-state index contributed by atoms with van der Waals surface area (Å²) >= 11 is 0. The molecular weight excluding hydrogens is 310 g/mol. The van der Waals surface area contributed by atoms with Gasteiger partial charge in [0.1, 0.15) is 5.75 Å². The molecule has 0 fully saturated rings. The normalized spacial score (nSPS) is 11.9. The first-order chi connectivity index (χ1) is 12.2. The van der Waals surface area contributed by atoms with Crippen molar-refractivity contribution in [2.45, 2.75) is 32.9 Å². The van der Waals surface area contributed by atoms with E-state index in [1.165, 1.54) is 10.8 Å². The molecule has 0 aliphatic heterocycles. The Morgan fingerprint density at radius 3 is 2.56 bits per heavy atom. The molecule has 0 aromatic heterocycles. The Labute approximate surface area is 148 Å². The van der Waals surface area contributed by atoms with Gasteiger partial charge in [-0.25, -0.2) is 0 Å². The fraction of sp³-hybridized carbons (Fsp3) is 0.227. The van der Waals surface area contributed by atoms with Crippen LogP contribution in [-0.2, 0) is 11.3 Å². The summed E-state index contributed by atoms with van der Waals surface area (Å²) in [5.74, 6) is 0.643. The van der Waals surface area contributed by atoms with Crippen LogP contribution in [-0.4, -0.2) is 12.0 Å². The average molecular weight is 333 g/mol. The molecule has 0 saturated carbocycles. The van der Waals surface area contributed by atoms with Gasteiger partial charge in [-0.2, -0.15) is 0 Å². The molecule has 0 radical (unpaired) electrons. The van der Waals surface area contributed by atoms with Crippen molar-refractivity contribution < 1.29 is 9.53 Å².